The van der Waals surface area contributed by atoms with Crippen LogP contribution < -0.4 is 4.31 Å². The molecule has 0 aliphatic heterocycles. The SMILES string of the molecule is Cc1ccc(S(=O)(=O)N(C)c2cc(F)ccc2F)c(C)c1. The van der Waals surface area contributed by atoms with Gasteiger partial charge in [0.15, 0.2) is 0 Å². The van der Waals surface area contributed by atoms with E-state index in [1.54, 1.807) is 19.1 Å². The molecule has 2 aromatic carbocycles. The van der Waals surface area contributed by atoms with Gasteiger partial charge in [-0.05, 0) is 37.6 Å². The lowest BCUT2D eigenvalue weighted by atomic mass is 10.2. The Morgan fingerprint density at radius 1 is 1.00 bits per heavy atom. The summed E-state index contributed by atoms with van der Waals surface area (Å²) in [4.78, 5) is 0.0688. The highest BCUT2D eigenvalue weighted by atomic mass is 32.2. The van der Waals surface area contributed by atoms with Crippen LogP contribution in [0.2, 0.25) is 0 Å². The van der Waals surface area contributed by atoms with E-state index in [1.165, 1.54) is 13.1 Å². The third kappa shape index (κ3) is 2.90. The molecule has 0 saturated carbocycles. The number of hydrogen-bond donors (Lipinski definition) is 0. The van der Waals surface area contributed by atoms with Gasteiger partial charge in [0, 0.05) is 13.1 Å². The number of sulfonamides is 1. The fourth-order valence-corrected chi connectivity index (χ4v) is 3.49. The molecule has 0 heterocycles. The van der Waals surface area contributed by atoms with E-state index in [2.05, 4.69) is 0 Å². The highest BCUT2D eigenvalue weighted by molar-refractivity contribution is 7.92. The summed E-state index contributed by atoms with van der Waals surface area (Å²) in [5.74, 6) is -1.50. The molecule has 0 radical (unpaired) electrons. The zero-order valence-corrected chi connectivity index (χ0v) is 12.7. The van der Waals surface area contributed by atoms with Crippen LogP contribution in [-0.4, -0.2) is 15.5 Å². The fourth-order valence-electron chi connectivity index (χ4n) is 2.09. The average molecular weight is 311 g/mol. The predicted octanol–water partition coefficient (Wildman–Crippen LogP) is 3.41. The molecule has 3 nitrogen and oxygen atoms in total. The Bertz CT molecular complexity index is 788. The lowest BCUT2D eigenvalue weighted by Gasteiger charge is -2.21. The van der Waals surface area contributed by atoms with Gasteiger partial charge in [0.05, 0.1) is 10.6 Å². The Kier molecular flexibility index (Phi) is 4.00. The molecule has 0 fully saturated rings. The Labute approximate surface area is 122 Å². The van der Waals surface area contributed by atoms with Crippen molar-refractivity contribution < 1.29 is 17.2 Å². The Hall–Kier alpha value is -1.95. The summed E-state index contributed by atoms with van der Waals surface area (Å²) in [6.45, 7) is 3.51. The van der Waals surface area contributed by atoms with Gasteiger partial charge in [0.2, 0.25) is 0 Å². The normalized spacial score (nSPS) is 11.5. The van der Waals surface area contributed by atoms with Crippen LogP contribution in [0, 0.1) is 25.5 Å². The van der Waals surface area contributed by atoms with Gasteiger partial charge in [-0.2, -0.15) is 0 Å². The molecule has 0 aliphatic carbocycles. The predicted molar refractivity (Wildman–Crippen MR) is 77.9 cm³/mol. The first-order valence-corrected chi connectivity index (χ1v) is 7.68. The maximum atomic E-state index is 13.8. The molecule has 0 spiro atoms. The fraction of sp³-hybridized carbons (Fsp3) is 0.200. The number of halogens is 2. The molecule has 2 rings (SSSR count). The zero-order chi connectivity index (χ0) is 15.8. The molecule has 2 aromatic rings. The van der Waals surface area contributed by atoms with Crippen molar-refractivity contribution in [3.05, 3.63) is 59.2 Å². The number of hydrogen-bond acceptors (Lipinski definition) is 2. The smallest absolute Gasteiger partial charge is 0.264 e. The first kappa shape index (κ1) is 15.4. The number of benzene rings is 2. The topological polar surface area (TPSA) is 37.4 Å². The molecule has 112 valence electrons. The lowest BCUT2D eigenvalue weighted by Crippen LogP contribution is -2.28. The quantitative estimate of drug-likeness (QED) is 0.871. The molecule has 0 unspecified atom stereocenters. The van der Waals surface area contributed by atoms with Crippen LogP contribution in [0.5, 0.6) is 0 Å². The summed E-state index contributed by atoms with van der Waals surface area (Å²) in [7, 11) is -2.75. The molecule has 6 heteroatoms. The van der Waals surface area contributed by atoms with Crippen LogP contribution in [-0.2, 0) is 10.0 Å². The summed E-state index contributed by atoms with van der Waals surface area (Å²) in [5.41, 5.74) is 1.15. The minimum atomic E-state index is -3.95. The summed E-state index contributed by atoms with van der Waals surface area (Å²) < 4.78 is 52.9. The molecule has 0 amide bonds. The second-order valence-electron chi connectivity index (χ2n) is 4.84. The van der Waals surface area contributed by atoms with E-state index in [4.69, 9.17) is 0 Å². The van der Waals surface area contributed by atoms with Crippen LogP contribution in [0.15, 0.2) is 41.3 Å². The maximum Gasteiger partial charge on any atom is 0.264 e. The van der Waals surface area contributed by atoms with Gasteiger partial charge in [-0.3, -0.25) is 4.31 Å². The van der Waals surface area contributed by atoms with E-state index in [0.29, 0.717) is 5.56 Å². The minimum absolute atomic E-state index is 0.0688. The summed E-state index contributed by atoms with van der Waals surface area (Å²) in [5, 5.41) is 0. The third-order valence-corrected chi connectivity index (χ3v) is 5.15. The second-order valence-corrected chi connectivity index (χ2v) is 6.77. The molecule has 0 N–H and O–H groups in total. The van der Waals surface area contributed by atoms with Crippen LogP contribution in [0.1, 0.15) is 11.1 Å². The van der Waals surface area contributed by atoms with Crippen molar-refractivity contribution in [2.75, 3.05) is 11.4 Å². The monoisotopic (exact) mass is 311 g/mol. The van der Waals surface area contributed by atoms with Gasteiger partial charge in [0.25, 0.3) is 10.0 Å². The molecule has 21 heavy (non-hydrogen) atoms. The van der Waals surface area contributed by atoms with Gasteiger partial charge < -0.3 is 0 Å². The Morgan fingerprint density at radius 2 is 1.67 bits per heavy atom. The van der Waals surface area contributed by atoms with Crippen molar-refractivity contribution in [1.29, 1.82) is 0 Å². The van der Waals surface area contributed by atoms with Crippen molar-refractivity contribution in [3.8, 4) is 0 Å². The van der Waals surface area contributed by atoms with Gasteiger partial charge in [-0.25, -0.2) is 17.2 Å². The average Bonchev–Trinajstić information content (AvgIpc) is 2.40. The number of aryl methyl sites for hydroxylation is 2. The van der Waals surface area contributed by atoms with Crippen LogP contribution in [0.25, 0.3) is 0 Å². The first-order chi connectivity index (χ1) is 9.73. The van der Waals surface area contributed by atoms with Crippen molar-refractivity contribution in [2.45, 2.75) is 18.7 Å². The number of rotatable bonds is 3. The van der Waals surface area contributed by atoms with Gasteiger partial charge in [-0.1, -0.05) is 17.7 Å². The van der Waals surface area contributed by atoms with Crippen molar-refractivity contribution in [1.82, 2.24) is 0 Å². The number of nitrogens with zero attached hydrogens (tertiary/aromatic N) is 1. The first-order valence-electron chi connectivity index (χ1n) is 6.24. The third-order valence-electron chi connectivity index (χ3n) is 3.22. The minimum Gasteiger partial charge on any atom is -0.266 e. The van der Waals surface area contributed by atoms with Gasteiger partial charge >= 0.3 is 0 Å². The van der Waals surface area contributed by atoms with E-state index in [9.17, 15) is 17.2 Å². The lowest BCUT2D eigenvalue weighted by molar-refractivity contribution is 0.585. The van der Waals surface area contributed by atoms with E-state index in [-0.39, 0.29) is 10.6 Å². The largest absolute Gasteiger partial charge is 0.266 e. The Balaban J connectivity index is 2.55. The molecule has 0 aliphatic rings. The van der Waals surface area contributed by atoms with E-state index in [0.717, 1.165) is 28.1 Å². The van der Waals surface area contributed by atoms with Gasteiger partial charge in [0.1, 0.15) is 11.6 Å². The van der Waals surface area contributed by atoms with E-state index in [1.807, 2.05) is 6.92 Å². The van der Waals surface area contributed by atoms with Gasteiger partial charge in [-0.15, -0.1) is 0 Å². The molecule has 0 saturated heterocycles. The Morgan fingerprint density at radius 3 is 2.29 bits per heavy atom. The van der Waals surface area contributed by atoms with E-state index < -0.39 is 21.7 Å². The van der Waals surface area contributed by atoms with Crippen LogP contribution in [0.3, 0.4) is 0 Å². The van der Waals surface area contributed by atoms with Crippen molar-refractivity contribution in [2.24, 2.45) is 0 Å². The molecular formula is C15H15F2NO2S. The standard InChI is InChI=1S/C15H15F2NO2S/c1-10-4-7-15(11(2)8-10)21(19,20)18(3)14-9-12(16)5-6-13(14)17/h4-9H,1-3H3. The summed E-state index contributed by atoms with van der Waals surface area (Å²) >= 11 is 0. The summed E-state index contributed by atoms with van der Waals surface area (Å²) in [6.07, 6.45) is 0. The summed E-state index contributed by atoms with van der Waals surface area (Å²) in [6, 6.07) is 7.55. The highest BCUT2D eigenvalue weighted by Crippen LogP contribution is 2.27. The van der Waals surface area contributed by atoms with Crippen LogP contribution in [0.4, 0.5) is 14.5 Å². The van der Waals surface area contributed by atoms with Crippen molar-refractivity contribution >= 4 is 15.7 Å². The van der Waals surface area contributed by atoms with E-state index >= 15 is 0 Å². The number of anilines is 1. The molecular weight excluding hydrogens is 296 g/mol. The highest BCUT2D eigenvalue weighted by Gasteiger charge is 2.25. The molecule has 0 bridgehead atoms. The zero-order valence-electron chi connectivity index (χ0n) is 11.9. The van der Waals surface area contributed by atoms with Crippen molar-refractivity contribution in [3.63, 3.8) is 0 Å². The molecule has 0 aromatic heterocycles. The molecule has 0 atom stereocenters. The second kappa shape index (κ2) is 5.44. The van der Waals surface area contributed by atoms with Crippen LogP contribution >= 0.6 is 0 Å². The maximum absolute atomic E-state index is 13.8.